The molecule has 0 saturated heterocycles. The molecule has 0 aromatic heterocycles. The van der Waals surface area contributed by atoms with Gasteiger partial charge < -0.3 is 15.2 Å². The molecule has 0 heterocycles. The highest BCUT2D eigenvalue weighted by molar-refractivity contribution is 5.92. The van der Waals surface area contributed by atoms with Gasteiger partial charge in [-0.05, 0) is 43.2 Å². The molecule has 0 saturated carbocycles. The standard InChI is InChI=1S/C18H21NO3/c1-13-11-15(22-3)9-10-16(13)19-17(20)12-18(2,21)14-7-5-4-6-8-14/h4-11,21H,12H2,1-3H3,(H,19,20). The summed E-state index contributed by atoms with van der Waals surface area (Å²) in [7, 11) is 1.60. The minimum Gasteiger partial charge on any atom is -0.497 e. The molecule has 1 amide bonds. The number of hydrogen-bond acceptors (Lipinski definition) is 3. The monoisotopic (exact) mass is 299 g/mol. The summed E-state index contributed by atoms with van der Waals surface area (Å²) in [5, 5.41) is 13.3. The van der Waals surface area contributed by atoms with Crippen molar-refractivity contribution in [2.24, 2.45) is 0 Å². The van der Waals surface area contributed by atoms with Gasteiger partial charge in [-0.2, -0.15) is 0 Å². The normalized spacial score (nSPS) is 13.3. The predicted octanol–water partition coefficient (Wildman–Crippen LogP) is 3.24. The number of anilines is 1. The summed E-state index contributed by atoms with van der Waals surface area (Å²) in [5.74, 6) is 0.508. The van der Waals surface area contributed by atoms with Crippen molar-refractivity contribution in [2.45, 2.75) is 25.9 Å². The van der Waals surface area contributed by atoms with E-state index in [1.165, 1.54) is 0 Å². The molecule has 1 unspecified atom stereocenters. The molecule has 4 heteroatoms. The third kappa shape index (κ3) is 3.86. The van der Waals surface area contributed by atoms with E-state index in [4.69, 9.17) is 4.74 Å². The fourth-order valence-electron chi connectivity index (χ4n) is 2.31. The molecular weight excluding hydrogens is 278 g/mol. The van der Waals surface area contributed by atoms with Gasteiger partial charge in [0.2, 0.25) is 5.91 Å². The van der Waals surface area contributed by atoms with E-state index in [2.05, 4.69) is 5.32 Å². The van der Waals surface area contributed by atoms with Crippen LogP contribution in [0.5, 0.6) is 5.75 Å². The van der Waals surface area contributed by atoms with Crippen molar-refractivity contribution in [3.05, 3.63) is 59.7 Å². The van der Waals surface area contributed by atoms with Crippen LogP contribution in [-0.2, 0) is 10.4 Å². The Kier molecular flexibility index (Phi) is 4.83. The summed E-state index contributed by atoms with van der Waals surface area (Å²) in [6.45, 7) is 3.54. The zero-order valence-electron chi connectivity index (χ0n) is 13.1. The topological polar surface area (TPSA) is 58.6 Å². The number of aryl methyl sites for hydroxylation is 1. The average molecular weight is 299 g/mol. The van der Waals surface area contributed by atoms with E-state index in [0.29, 0.717) is 0 Å². The van der Waals surface area contributed by atoms with Crippen molar-refractivity contribution in [3.8, 4) is 5.75 Å². The Morgan fingerprint density at radius 2 is 1.91 bits per heavy atom. The third-order valence-electron chi connectivity index (χ3n) is 3.61. The number of nitrogens with one attached hydrogen (secondary N) is 1. The fraction of sp³-hybridized carbons (Fsp3) is 0.278. The summed E-state index contributed by atoms with van der Waals surface area (Å²) in [5.41, 5.74) is 1.14. The summed E-state index contributed by atoms with van der Waals surface area (Å²) in [6.07, 6.45) is -0.0114. The van der Waals surface area contributed by atoms with Crippen LogP contribution in [0.15, 0.2) is 48.5 Å². The van der Waals surface area contributed by atoms with Crippen molar-refractivity contribution < 1.29 is 14.6 Å². The van der Waals surface area contributed by atoms with Gasteiger partial charge in [0.25, 0.3) is 0 Å². The second-order valence-electron chi connectivity index (χ2n) is 5.55. The lowest BCUT2D eigenvalue weighted by atomic mass is 9.92. The quantitative estimate of drug-likeness (QED) is 0.891. The van der Waals surface area contributed by atoms with Crippen LogP contribution in [0.25, 0.3) is 0 Å². The molecule has 0 aliphatic carbocycles. The van der Waals surface area contributed by atoms with Gasteiger partial charge >= 0.3 is 0 Å². The van der Waals surface area contributed by atoms with Gasteiger partial charge in [-0.15, -0.1) is 0 Å². The van der Waals surface area contributed by atoms with E-state index in [0.717, 1.165) is 22.6 Å². The lowest BCUT2D eigenvalue weighted by Gasteiger charge is -2.23. The third-order valence-corrected chi connectivity index (χ3v) is 3.61. The fourth-order valence-corrected chi connectivity index (χ4v) is 2.31. The first-order valence-corrected chi connectivity index (χ1v) is 7.15. The van der Waals surface area contributed by atoms with Crippen molar-refractivity contribution in [1.82, 2.24) is 0 Å². The Morgan fingerprint density at radius 1 is 1.23 bits per heavy atom. The van der Waals surface area contributed by atoms with Crippen molar-refractivity contribution in [1.29, 1.82) is 0 Å². The molecular formula is C18H21NO3. The molecule has 2 aromatic rings. The van der Waals surface area contributed by atoms with Crippen molar-refractivity contribution in [3.63, 3.8) is 0 Å². The number of carbonyl (C=O) groups excluding carboxylic acids is 1. The molecule has 0 spiro atoms. The lowest BCUT2D eigenvalue weighted by molar-refractivity contribution is -0.120. The molecule has 2 rings (SSSR count). The van der Waals surface area contributed by atoms with Gasteiger partial charge in [0.05, 0.1) is 19.1 Å². The summed E-state index contributed by atoms with van der Waals surface area (Å²) < 4.78 is 5.14. The molecule has 4 nitrogen and oxygen atoms in total. The lowest BCUT2D eigenvalue weighted by Crippen LogP contribution is -2.28. The maximum Gasteiger partial charge on any atom is 0.227 e. The minimum atomic E-state index is -1.20. The molecule has 0 bridgehead atoms. The van der Waals surface area contributed by atoms with Gasteiger partial charge in [-0.1, -0.05) is 30.3 Å². The number of rotatable bonds is 5. The molecule has 116 valence electrons. The molecule has 2 aromatic carbocycles. The number of amides is 1. The Morgan fingerprint density at radius 3 is 2.50 bits per heavy atom. The van der Waals surface area contributed by atoms with E-state index < -0.39 is 5.60 Å². The van der Waals surface area contributed by atoms with Crippen LogP contribution in [-0.4, -0.2) is 18.1 Å². The predicted molar refractivity (Wildman–Crippen MR) is 87.0 cm³/mol. The number of methoxy groups -OCH3 is 1. The van der Waals surface area contributed by atoms with Gasteiger partial charge in [-0.3, -0.25) is 4.79 Å². The Hall–Kier alpha value is -2.33. The largest absolute Gasteiger partial charge is 0.497 e. The van der Waals surface area contributed by atoms with Crippen LogP contribution in [0.3, 0.4) is 0 Å². The van der Waals surface area contributed by atoms with Crippen LogP contribution in [0.1, 0.15) is 24.5 Å². The number of ether oxygens (including phenoxy) is 1. The van der Waals surface area contributed by atoms with Crippen LogP contribution in [0, 0.1) is 6.92 Å². The first kappa shape index (κ1) is 16.0. The Bertz CT molecular complexity index is 651. The number of aliphatic hydroxyl groups is 1. The van der Waals surface area contributed by atoms with Crippen LogP contribution < -0.4 is 10.1 Å². The highest BCUT2D eigenvalue weighted by Crippen LogP contribution is 2.26. The van der Waals surface area contributed by atoms with E-state index in [1.807, 2.05) is 43.3 Å². The molecule has 0 radical (unpaired) electrons. The maximum atomic E-state index is 12.2. The smallest absolute Gasteiger partial charge is 0.227 e. The van der Waals surface area contributed by atoms with Gasteiger partial charge in [-0.25, -0.2) is 0 Å². The molecule has 0 aliphatic rings. The van der Waals surface area contributed by atoms with Crippen molar-refractivity contribution in [2.75, 3.05) is 12.4 Å². The Balaban J connectivity index is 2.07. The summed E-state index contributed by atoms with van der Waals surface area (Å²) in [4.78, 5) is 12.2. The van der Waals surface area contributed by atoms with E-state index >= 15 is 0 Å². The minimum absolute atomic E-state index is 0.0114. The van der Waals surface area contributed by atoms with Gasteiger partial charge in [0.15, 0.2) is 0 Å². The summed E-state index contributed by atoms with van der Waals surface area (Å²) >= 11 is 0. The van der Waals surface area contributed by atoms with E-state index in [-0.39, 0.29) is 12.3 Å². The van der Waals surface area contributed by atoms with Crippen molar-refractivity contribution >= 4 is 11.6 Å². The van der Waals surface area contributed by atoms with Gasteiger partial charge in [0.1, 0.15) is 5.75 Å². The van der Waals surface area contributed by atoms with Gasteiger partial charge in [0, 0.05) is 5.69 Å². The van der Waals surface area contributed by atoms with E-state index in [9.17, 15) is 9.90 Å². The number of benzene rings is 2. The number of carbonyl (C=O) groups is 1. The highest BCUT2D eigenvalue weighted by atomic mass is 16.5. The second-order valence-corrected chi connectivity index (χ2v) is 5.55. The van der Waals surface area contributed by atoms with Crippen LogP contribution >= 0.6 is 0 Å². The second kappa shape index (κ2) is 6.62. The first-order chi connectivity index (χ1) is 10.4. The summed E-state index contributed by atoms with van der Waals surface area (Å²) in [6, 6.07) is 14.6. The van der Waals surface area contributed by atoms with Crippen LogP contribution in [0.2, 0.25) is 0 Å². The zero-order chi connectivity index (χ0) is 16.2. The van der Waals surface area contributed by atoms with Crippen LogP contribution in [0.4, 0.5) is 5.69 Å². The molecule has 1 atom stereocenters. The molecule has 22 heavy (non-hydrogen) atoms. The first-order valence-electron chi connectivity index (χ1n) is 7.15. The molecule has 2 N–H and O–H groups in total. The average Bonchev–Trinajstić information content (AvgIpc) is 2.49. The maximum absolute atomic E-state index is 12.2. The SMILES string of the molecule is COc1ccc(NC(=O)CC(C)(O)c2ccccc2)c(C)c1. The molecule has 0 fully saturated rings. The zero-order valence-corrected chi connectivity index (χ0v) is 13.1. The Labute approximate surface area is 130 Å². The van der Waals surface area contributed by atoms with E-state index in [1.54, 1.807) is 26.2 Å². The number of hydrogen-bond donors (Lipinski definition) is 2. The molecule has 0 aliphatic heterocycles. The highest BCUT2D eigenvalue weighted by Gasteiger charge is 2.26.